The fraction of sp³-hybridized carbons (Fsp3) is 0.368. The Bertz CT molecular complexity index is 931. The van der Waals surface area contributed by atoms with Crippen molar-refractivity contribution in [3.63, 3.8) is 0 Å². The number of nitrogens with zero attached hydrogens (tertiary/aromatic N) is 3. The minimum atomic E-state index is -0.482. The Labute approximate surface area is 150 Å². The van der Waals surface area contributed by atoms with Crippen LogP contribution in [-0.2, 0) is 4.74 Å². The fourth-order valence-corrected chi connectivity index (χ4v) is 3.81. The van der Waals surface area contributed by atoms with E-state index in [9.17, 15) is 14.4 Å². The molecule has 0 saturated carbocycles. The highest BCUT2D eigenvalue weighted by Gasteiger charge is 2.40. The van der Waals surface area contributed by atoms with E-state index in [4.69, 9.17) is 4.74 Å². The summed E-state index contributed by atoms with van der Waals surface area (Å²) in [6, 6.07) is 4.84. The van der Waals surface area contributed by atoms with Crippen molar-refractivity contribution in [3.05, 3.63) is 47.0 Å². The van der Waals surface area contributed by atoms with Gasteiger partial charge in [-0.05, 0) is 44.9 Å². The van der Waals surface area contributed by atoms with E-state index in [0.29, 0.717) is 29.1 Å². The molecule has 26 heavy (non-hydrogen) atoms. The molecule has 7 heteroatoms. The van der Waals surface area contributed by atoms with Crippen molar-refractivity contribution in [1.29, 1.82) is 0 Å². The zero-order valence-electron chi connectivity index (χ0n) is 14.7. The Morgan fingerprint density at radius 3 is 2.88 bits per heavy atom. The fourth-order valence-electron chi connectivity index (χ4n) is 3.81. The average molecular weight is 353 g/mol. The van der Waals surface area contributed by atoms with Crippen LogP contribution >= 0.6 is 0 Å². The number of aromatic nitrogens is 2. The molecule has 0 unspecified atom stereocenters. The smallest absolute Gasteiger partial charge is 0.358 e. The molecule has 0 N–H and O–H groups in total. The standard InChI is InChI=1S/C19H19N3O4/c1-3-26-19(25)16-17-15-5-4-8-21(15)18(24)13-9-12(11(2)23)6-7-14(13)22(17)10-20-16/h6-7,9-10,15H,3-5,8H2,1-2H3/t15-/m0/s1. The highest BCUT2D eigenvalue weighted by molar-refractivity contribution is 6.03. The van der Waals surface area contributed by atoms with Gasteiger partial charge in [-0.1, -0.05) is 0 Å². The number of carbonyl (C=O) groups excluding carboxylic acids is 3. The maximum absolute atomic E-state index is 13.1. The number of Topliss-reactive ketones (excluding diaryl/α,β-unsaturated/α-hetero) is 1. The van der Waals surface area contributed by atoms with E-state index in [1.807, 2.05) is 0 Å². The number of amides is 1. The zero-order chi connectivity index (χ0) is 18.4. The first-order chi connectivity index (χ1) is 12.5. The molecule has 1 saturated heterocycles. The summed E-state index contributed by atoms with van der Waals surface area (Å²) in [7, 11) is 0. The molecule has 0 spiro atoms. The molecule has 0 radical (unpaired) electrons. The van der Waals surface area contributed by atoms with Gasteiger partial charge in [0.2, 0.25) is 0 Å². The van der Waals surface area contributed by atoms with E-state index in [2.05, 4.69) is 4.98 Å². The second-order valence-electron chi connectivity index (χ2n) is 6.51. The summed E-state index contributed by atoms with van der Waals surface area (Å²) in [5.41, 5.74) is 2.51. The molecular weight excluding hydrogens is 334 g/mol. The quantitative estimate of drug-likeness (QED) is 0.626. The van der Waals surface area contributed by atoms with Crippen LogP contribution in [0.1, 0.15) is 69.6 Å². The van der Waals surface area contributed by atoms with Crippen molar-refractivity contribution in [2.75, 3.05) is 13.2 Å². The van der Waals surface area contributed by atoms with Crippen molar-refractivity contribution in [3.8, 4) is 5.69 Å². The number of ether oxygens (including phenoxy) is 1. The van der Waals surface area contributed by atoms with E-state index in [-0.39, 0.29) is 30.0 Å². The molecule has 2 aromatic rings. The Balaban J connectivity index is 1.95. The number of benzene rings is 1. The van der Waals surface area contributed by atoms with Gasteiger partial charge in [0.1, 0.15) is 6.33 Å². The van der Waals surface area contributed by atoms with Crippen LogP contribution in [0.2, 0.25) is 0 Å². The van der Waals surface area contributed by atoms with Crippen LogP contribution in [0.5, 0.6) is 0 Å². The summed E-state index contributed by atoms with van der Waals surface area (Å²) in [6.07, 6.45) is 3.17. The molecular formula is C19H19N3O4. The lowest BCUT2D eigenvalue weighted by atomic mass is 10.0. The highest BCUT2D eigenvalue weighted by atomic mass is 16.5. The molecule has 2 aliphatic rings. The first-order valence-corrected chi connectivity index (χ1v) is 8.73. The Morgan fingerprint density at radius 1 is 1.35 bits per heavy atom. The average Bonchev–Trinajstić information content (AvgIpc) is 3.25. The Kier molecular flexibility index (Phi) is 3.86. The van der Waals surface area contributed by atoms with Crippen LogP contribution in [0.3, 0.4) is 0 Å². The van der Waals surface area contributed by atoms with E-state index in [1.54, 1.807) is 40.9 Å². The topological polar surface area (TPSA) is 81.5 Å². The molecule has 1 amide bonds. The van der Waals surface area contributed by atoms with Gasteiger partial charge >= 0.3 is 5.97 Å². The summed E-state index contributed by atoms with van der Waals surface area (Å²) < 4.78 is 6.94. The summed E-state index contributed by atoms with van der Waals surface area (Å²) in [5.74, 6) is -0.700. The second-order valence-corrected chi connectivity index (χ2v) is 6.51. The number of esters is 1. The van der Waals surface area contributed by atoms with Gasteiger partial charge in [-0.2, -0.15) is 0 Å². The van der Waals surface area contributed by atoms with Crippen molar-refractivity contribution in [1.82, 2.24) is 14.5 Å². The summed E-state index contributed by atoms with van der Waals surface area (Å²) >= 11 is 0. The predicted octanol–water partition coefficient (Wildman–Crippen LogP) is 2.54. The van der Waals surface area contributed by atoms with Crippen LogP contribution in [0, 0.1) is 0 Å². The van der Waals surface area contributed by atoms with E-state index in [0.717, 1.165) is 12.8 Å². The molecule has 1 aromatic carbocycles. The number of ketones is 1. The normalized spacial score (nSPS) is 18.0. The van der Waals surface area contributed by atoms with Crippen LogP contribution < -0.4 is 0 Å². The number of hydrogen-bond donors (Lipinski definition) is 0. The predicted molar refractivity (Wildman–Crippen MR) is 92.5 cm³/mol. The van der Waals surface area contributed by atoms with Crippen molar-refractivity contribution < 1.29 is 19.1 Å². The number of hydrogen-bond acceptors (Lipinski definition) is 5. The summed E-state index contributed by atoms with van der Waals surface area (Å²) in [6.45, 7) is 4.09. The van der Waals surface area contributed by atoms with Crippen molar-refractivity contribution >= 4 is 17.7 Å². The first-order valence-electron chi connectivity index (χ1n) is 8.73. The van der Waals surface area contributed by atoms with Crippen molar-refractivity contribution in [2.24, 2.45) is 0 Å². The lowest BCUT2D eigenvalue weighted by Crippen LogP contribution is -2.30. The van der Waals surface area contributed by atoms with Gasteiger partial charge in [0.05, 0.1) is 29.6 Å². The monoisotopic (exact) mass is 353 g/mol. The maximum Gasteiger partial charge on any atom is 0.358 e. The van der Waals surface area contributed by atoms with Crippen LogP contribution in [0.15, 0.2) is 24.5 Å². The third kappa shape index (κ3) is 2.34. The molecule has 4 rings (SSSR count). The molecule has 134 valence electrons. The maximum atomic E-state index is 13.1. The SMILES string of the molecule is CCOC(=O)c1ncn2c1[C@@H]1CCCN1C(=O)c1cc(C(C)=O)ccc1-2. The van der Waals surface area contributed by atoms with Gasteiger partial charge in [0.25, 0.3) is 5.91 Å². The highest BCUT2D eigenvalue weighted by Crippen LogP contribution is 2.40. The van der Waals surface area contributed by atoms with Crippen LogP contribution in [-0.4, -0.2) is 45.3 Å². The molecule has 1 fully saturated rings. The van der Waals surface area contributed by atoms with E-state index >= 15 is 0 Å². The second kappa shape index (κ2) is 6.09. The number of rotatable bonds is 3. The molecule has 2 aliphatic heterocycles. The van der Waals surface area contributed by atoms with E-state index < -0.39 is 5.97 Å². The van der Waals surface area contributed by atoms with Gasteiger partial charge in [-0.15, -0.1) is 0 Å². The molecule has 7 nitrogen and oxygen atoms in total. The minimum Gasteiger partial charge on any atom is -0.461 e. The van der Waals surface area contributed by atoms with Crippen LogP contribution in [0.25, 0.3) is 5.69 Å². The summed E-state index contributed by atoms with van der Waals surface area (Å²) in [5, 5.41) is 0. The lowest BCUT2D eigenvalue weighted by molar-refractivity contribution is 0.0513. The molecule has 1 atom stereocenters. The van der Waals surface area contributed by atoms with Gasteiger partial charge in [-0.3, -0.25) is 14.2 Å². The largest absolute Gasteiger partial charge is 0.461 e. The van der Waals surface area contributed by atoms with Gasteiger partial charge in [-0.25, -0.2) is 9.78 Å². The molecule has 3 heterocycles. The van der Waals surface area contributed by atoms with Gasteiger partial charge in [0.15, 0.2) is 11.5 Å². The molecule has 0 aliphatic carbocycles. The number of carbonyl (C=O) groups is 3. The third-order valence-electron chi connectivity index (χ3n) is 5.00. The molecule has 0 bridgehead atoms. The minimum absolute atomic E-state index is 0.0964. The number of imidazole rings is 1. The van der Waals surface area contributed by atoms with Gasteiger partial charge in [0, 0.05) is 12.1 Å². The van der Waals surface area contributed by atoms with Crippen LogP contribution in [0.4, 0.5) is 0 Å². The van der Waals surface area contributed by atoms with Gasteiger partial charge < -0.3 is 9.64 Å². The lowest BCUT2D eigenvalue weighted by Gasteiger charge is -2.22. The summed E-state index contributed by atoms with van der Waals surface area (Å²) in [4.78, 5) is 43.3. The Morgan fingerprint density at radius 2 is 2.15 bits per heavy atom. The van der Waals surface area contributed by atoms with Crippen molar-refractivity contribution in [2.45, 2.75) is 32.7 Å². The zero-order valence-corrected chi connectivity index (χ0v) is 14.7. The number of fused-ring (bicyclic) bond motifs is 5. The first kappa shape index (κ1) is 16.5. The third-order valence-corrected chi connectivity index (χ3v) is 5.00. The molecule has 1 aromatic heterocycles. The Hall–Kier alpha value is -2.96. The van der Waals surface area contributed by atoms with E-state index in [1.165, 1.54) is 6.92 Å².